The van der Waals surface area contributed by atoms with Crippen molar-refractivity contribution in [2.24, 2.45) is 5.92 Å². The number of fused-ring (bicyclic) bond motifs is 1. The van der Waals surface area contributed by atoms with Crippen LogP contribution in [0, 0.1) is 29.2 Å². The Morgan fingerprint density at radius 3 is 2.30 bits per heavy atom. The number of carboxylic acid groups (broad SMARTS) is 1. The van der Waals surface area contributed by atoms with E-state index in [0.717, 1.165) is 29.2 Å². The van der Waals surface area contributed by atoms with Gasteiger partial charge in [-0.05, 0) is 36.0 Å². The Bertz CT molecular complexity index is 1480. The maximum atomic E-state index is 14.0. The lowest BCUT2D eigenvalue weighted by Crippen LogP contribution is -2.60. The van der Waals surface area contributed by atoms with Gasteiger partial charge in [-0.2, -0.15) is 8.78 Å². The normalized spacial score (nSPS) is 18.3. The summed E-state index contributed by atoms with van der Waals surface area (Å²) in [4.78, 5) is 38.1. The number of ketones is 1. The average molecular weight is 605 g/mol. The first-order valence-corrected chi connectivity index (χ1v) is 13.8. The van der Waals surface area contributed by atoms with Gasteiger partial charge in [0.15, 0.2) is 23.2 Å². The lowest BCUT2D eigenvalue weighted by atomic mass is 9.88. The summed E-state index contributed by atoms with van der Waals surface area (Å²) in [6.45, 7) is 2.78. The quantitative estimate of drug-likeness (QED) is 0.198. The van der Waals surface area contributed by atoms with Crippen molar-refractivity contribution in [3.05, 3.63) is 77.4 Å². The Kier molecular flexibility index (Phi) is 10.0. The van der Waals surface area contributed by atoms with Gasteiger partial charge < -0.3 is 19.9 Å². The fourth-order valence-corrected chi connectivity index (χ4v) is 5.17. The molecule has 3 atom stereocenters. The van der Waals surface area contributed by atoms with Gasteiger partial charge in [-0.25, -0.2) is 8.78 Å². The first-order chi connectivity index (χ1) is 20.4. The number of hydrogen-bond donors (Lipinski definition) is 3. The van der Waals surface area contributed by atoms with Crippen LogP contribution in [0.5, 0.6) is 5.75 Å². The Morgan fingerprint density at radius 2 is 1.67 bits per heavy atom. The summed E-state index contributed by atoms with van der Waals surface area (Å²) in [6.07, 6.45) is 1.27. The van der Waals surface area contributed by atoms with E-state index in [0.29, 0.717) is 13.0 Å². The van der Waals surface area contributed by atoms with Crippen LogP contribution in [-0.4, -0.2) is 48.1 Å². The molecule has 12 heteroatoms. The number of carboxylic acids is 1. The lowest BCUT2D eigenvalue weighted by Gasteiger charge is -2.42. The molecule has 3 aromatic rings. The summed E-state index contributed by atoms with van der Waals surface area (Å²) < 4.78 is 66.1. The SMILES string of the molecule is CC(C)[C@H](NC1(c2cccc3ccccc23)CCCCO1)C(=O)N[C@@H](CC(=O)O)C(=O)COc1c(F)c(F)cc(F)c1F. The zero-order valence-corrected chi connectivity index (χ0v) is 23.6. The van der Waals surface area contributed by atoms with Gasteiger partial charge in [0.25, 0.3) is 0 Å². The predicted octanol–water partition coefficient (Wildman–Crippen LogP) is 4.97. The molecule has 4 rings (SSSR count). The summed E-state index contributed by atoms with van der Waals surface area (Å²) in [5, 5.41) is 17.0. The van der Waals surface area contributed by atoms with Crippen molar-refractivity contribution >= 4 is 28.4 Å². The monoisotopic (exact) mass is 604 g/mol. The molecule has 0 aromatic heterocycles. The van der Waals surface area contributed by atoms with Crippen LogP contribution in [0.1, 0.15) is 45.1 Å². The smallest absolute Gasteiger partial charge is 0.305 e. The van der Waals surface area contributed by atoms with Crippen LogP contribution < -0.4 is 15.4 Å². The number of rotatable bonds is 12. The first-order valence-electron chi connectivity index (χ1n) is 13.8. The van der Waals surface area contributed by atoms with Crippen LogP contribution in [0.2, 0.25) is 0 Å². The second-order valence-electron chi connectivity index (χ2n) is 10.7. The van der Waals surface area contributed by atoms with Crippen molar-refractivity contribution in [3.63, 3.8) is 0 Å². The largest absolute Gasteiger partial charge is 0.481 e. The predicted molar refractivity (Wildman–Crippen MR) is 148 cm³/mol. The zero-order chi connectivity index (χ0) is 31.3. The molecule has 43 heavy (non-hydrogen) atoms. The molecule has 1 aliphatic heterocycles. The minimum atomic E-state index is -1.86. The number of ether oxygens (including phenoxy) is 2. The van der Waals surface area contributed by atoms with Gasteiger partial charge >= 0.3 is 5.97 Å². The van der Waals surface area contributed by atoms with Gasteiger partial charge in [-0.15, -0.1) is 0 Å². The summed E-state index contributed by atoms with van der Waals surface area (Å²) in [6, 6.07) is 10.8. The molecule has 0 aliphatic carbocycles. The number of carbonyl (C=O) groups is 3. The van der Waals surface area contributed by atoms with E-state index in [1.54, 1.807) is 13.8 Å². The molecule has 0 spiro atoms. The highest BCUT2D eigenvalue weighted by Crippen LogP contribution is 2.38. The number of halogens is 4. The van der Waals surface area contributed by atoms with Crippen molar-refractivity contribution < 1.29 is 46.5 Å². The van der Waals surface area contributed by atoms with E-state index in [-0.39, 0.29) is 12.0 Å². The topological polar surface area (TPSA) is 114 Å². The number of nitrogens with one attached hydrogen (secondary N) is 2. The second-order valence-corrected chi connectivity index (χ2v) is 10.7. The molecule has 1 unspecified atom stereocenters. The minimum Gasteiger partial charge on any atom is -0.481 e. The molecule has 0 radical (unpaired) electrons. The van der Waals surface area contributed by atoms with Gasteiger partial charge in [-0.3, -0.25) is 19.7 Å². The van der Waals surface area contributed by atoms with E-state index in [4.69, 9.17) is 9.47 Å². The highest BCUT2D eigenvalue weighted by atomic mass is 19.2. The van der Waals surface area contributed by atoms with Crippen molar-refractivity contribution in [3.8, 4) is 5.75 Å². The molecule has 1 aliphatic rings. The number of aliphatic carboxylic acids is 1. The molecule has 1 amide bonds. The van der Waals surface area contributed by atoms with Crippen LogP contribution in [-0.2, 0) is 24.8 Å². The van der Waals surface area contributed by atoms with E-state index < -0.39 is 77.5 Å². The Hall–Kier alpha value is -4.03. The molecule has 0 bridgehead atoms. The van der Waals surface area contributed by atoms with Crippen LogP contribution >= 0.6 is 0 Å². The maximum Gasteiger partial charge on any atom is 0.305 e. The lowest BCUT2D eigenvalue weighted by molar-refractivity contribution is -0.143. The Morgan fingerprint density at radius 1 is 1.00 bits per heavy atom. The third-order valence-corrected chi connectivity index (χ3v) is 7.35. The summed E-state index contributed by atoms with van der Waals surface area (Å²) in [5.74, 6) is -12.3. The third kappa shape index (κ3) is 7.14. The van der Waals surface area contributed by atoms with Crippen molar-refractivity contribution in [2.75, 3.05) is 13.2 Å². The number of benzene rings is 3. The van der Waals surface area contributed by atoms with Crippen LogP contribution in [0.3, 0.4) is 0 Å². The standard InChI is InChI=1S/C31H32F4N2O6/c1-17(2)28(37-31(12-5-6-13-43-31)20-11-7-9-18-8-3-4-10-19(18)20)30(41)36-23(15-25(39)40)24(38)16-42-29-26(34)21(32)14-22(33)27(29)35/h3-4,7-11,14,17,23,28,37H,5-6,12-13,15-16H2,1-2H3,(H,36,41)(H,39,40)/t23-,28-,31?/m0/s1. The van der Waals surface area contributed by atoms with Crippen LogP contribution in [0.25, 0.3) is 10.8 Å². The zero-order valence-electron chi connectivity index (χ0n) is 23.6. The molecule has 1 heterocycles. The highest BCUT2D eigenvalue weighted by molar-refractivity contribution is 5.94. The number of amides is 1. The number of Topliss-reactive ketones (excluding diaryl/α,β-unsaturated/α-hetero) is 1. The molecular weight excluding hydrogens is 572 g/mol. The first kappa shape index (κ1) is 31.9. The third-order valence-electron chi connectivity index (χ3n) is 7.35. The van der Waals surface area contributed by atoms with E-state index in [1.807, 2.05) is 42.5 Å². The average Bonchev–Trinajstić information content (AvgIpc) is 2.98. The molecular formula is C31H32F4N2O6. The number of carbonyl (C=O) groups excluding carboxylic acids is 2. The molecule has 0 saturated carbocycles. The second kappa shape index (κ2) is 13.5. The summed E-state index contributed by atoms with van der Waals surface area (Å²) >= 11 is 0. The Labute approximate surface area is 245 Å². The Balaban J connectivity index is 1.58. The van der Waals surface area contributed by atoms with Gasteiger partial charge in [-0.1, -0.05) is 56.3 Å². The molecule has 230 valence electrons. The fourth-order valence-electron chi connectivity index (χ4n) is 5.17. The van der Waals surface area contributed by atoms with E-state index in [2.05, 4.69) is 10.6 Å². The van der Waals surface area contributed by atoms with Crippen molar-refractivity contribution in [1.29, 1.82) is 0 Å². The van der Waals surface area contributed by atoms with Gasteiger partial charge in [0.05, 0.1) is 12.5 Å². The van der Waals surface area contributed by atoms with Crippen LogP contribution in [0.4, 0.5) is 17.6 Å². The molecule has 1 fully saturated rings. The van der Waals surface area contributed by atoms with Gasteiger partial charge in [0.1, 0.15) is 18.4 Å². The van der Waals surface area contributed by atoms with E-state index in [1.165, 1.54) is 0 Å². The molecule has 8 nitrogen and oxygen atoms in total. The van der Waals surface area contributed by atoms with Crippen molar-refractivity contribution in [2.45, 2.75) is 57.3 Å². The van der Waals surface area contributed by atoms with Gasteiger partial charge in [0, 0.05) is 18.2 Å². The summed E-state index contributed by atoms with van der Waals surface area (Å²) in [7, 11) is 0. The molecule has 3 N–H and O–H groups in total. The molecule has 1 saturated heterocycles. The summed E-state index contributed by atoms with van der Waals surface area (Å²) in [5.41, 5.74) is -0.251. The van der Waals surface area contributed by atoms with Gasteiger partial charge in [0.2, 0.25) is 17.5 Å². The van der Waals surface area contributed by atoms with Crippen LogP contribution in [0.15, 0.2) is 48.5 Å². The minimum absolute atomic E-state index is 0.0209. The highest BCUT2D eigenvalue weighted by Gasteiger charge is 2.41. The molecule has 3 aromatic carbocycles. The van der Waals surface area contributed by atoms with E-state index >= 15 is 0 Å². The maximum absolute atomic E-state index is 14.0. The fraction of sp³-hybridized carbons (Fsp3) is 0.387. The van der Waals surface area contributed by atoms with E-state index in [9.17, 15) is 37.1 Å². The number of hydrogen-bond acceptors (Lipinski definition) is 6. The van der Waals surface area contributed by atoms with Crippen molar-refractivity contribution in [1.82, 2.24) is 10.6 Å².